The summed E-state index contributed by atoms with van der Waals surface area (Å²) < 4.78 is 23.3. The Bertz CT molecular complexity index is 579. The Morgan fingerprint density at radius 2 is 2.22 bits per heavy atom. The molecule has 0 unspecified atom stereocenters. The van der Waals surface area contributed by atoms with Crippen molar-refractivity contribution in [2.75, 3.05) is 0 Å². The molecule has 4 nitrogen and oxygen atoms in total. The fourth-order valence-corrected chi connectivity index (χ4v) is 1.48. The van der Waals surface area contributed by atoms with Crippen LogP contribution in [0.2, 0.25) is 5.02 Å². The third-order valence-electron chi connectivity index (χ3n) is 2.24. The lowest BCUT2D eigenvalue weighted by atomic mass is 10.2. The number of benzene rings is 1. The van der Waals surface area contributed by atoms with Gasteiger partial charge in [-0.3, -0.25) is 0 Å². The van der Waals surface area contributed by atoms with Crippen LogP contribution in [-0.4, -0.2) is 11.1 Å². The molecule has 1 aromatic heterocycles. The number of hydrogen-bond donors (Lipinski definition) is 1. The number of aromatic carboxylic acids is 1. The lowest BCUT2D eigenvalue weighted by molar-refractivity contribution is 0.0692. The SMILES string of the molecule is O=C(O)c1ccoc1COc1ccc(Cl)c(F)c1. The summed E-state index contributed by atoms with van der Waals surface area (Å²) in [6.45, 7) is -0.101. The molecule has 1 aromatic carbocycles. The third kappa shape index (κ3) is 2.62. The summed E-state index contributed by atoms with van der Waals surface area (Å²) in [5.41, 5.74) is 0.0180. The van der Waals surface area contributed by atoms with Gasteiger partial charge in [0.2, 0.25) is 0 Å². The van der Waals surface area contributed by atoms with E-state index >= 15 is 0 Å². The van der Waals surface area contributed by atoms with E-state index in [0.717, 1.165) is 6.07 Å². The monoisotopic (exact) mass is 270 g/mol. The maximum absolute atomic E-state index is 13.1. The van der Waals surface area contributed by atoms with Gasteiger partial charge in [-0.05, 0) is 18.2 Å². The second kappa shape index (κ2) is 5.10. The van der Waals surface area contributed by atoms with E-state index in [4.69, 9.17) is 25.9 Å². The lowest BCUT2D eigenvalue weighted by Gasteiger charge is -2.05. The van der Waals surface area contributed by atoms with E-state index in [1.807, 2.05) is 0 Å². The molecule has 94 valence electrons. The van der Waals surface area contributed by atoms with Crippen molar-refractivity contribution in [1.29, 1.82) is 0 Å². The molecule has 0 aliphatic carbocycles. The number of furan rings is 1. The zero-order chi connectivity index (χ0) is 13.1. The van der Waals surface area contributed by atoms with E-state index in [1.165, 1.54) is 24.5 Å². The van der Waals surface area contributed by atoms with Crippen molar-refractivity contribution in [2.45, 2.75) is 6.61 Å². The van der Waals surface area contributed by atoms with E-state index in [2.05, 4.69) is 0 Å². The first kappa shape index (κ1) is 12.4. The Morgan fingerprint density at radius 1 is 1.44 bits per heavy atom. The molecule has 1 heterocycles. The molecule has 0 atom stereocenters. The number of halogens is 2. The Hall–Kier alpha value is -2.01. The standard InChI is InChI=1S/C12H8ClFO4/c13-9-2-1-7(5-10(9)14)18-6-11-8(12(15)16)3-4-17-11/h1-5H,6H2,(H,15,16). The highest BCUT2D eigenvalue weighted by Gasteiger charge is 2.14. The molecule has 0 aliphatic rings. The van der Waals surface area contributed by atoms with E-state index < -0.39 is 11.8 Å². The molecule has 1 N–H and O–H groups in total. The number of ether oxygens (including phenoxy) is 1. The predicted octanol–water partition coefficient (Wildman–Crippen LogP) is 3.35. The van der Waals surface area contributed by atoms with Gasteiger partial charge >= 0.3 is 5.97 Å². The Labute approximate surface area is 107 Å². The predicted molar refractivity (Wildman–Crippen MR) is 61.4 cm³/mol. The average Bonchev–Trinajstić information content (AvgIpc) is 2.79. The van der Waals surface area contributed by atoms with Crippen molar-refractivity contribution in [3.05, 3.63) is 52.7 Å². The zero-order valence-corrected chi connectivity index (χ0v) is 9.78. The highest BCUT2D eigenvalue weighted by Crippen LogP contribution is 2.22. The molecule has 6 heteroatoms. The molecule has 0 saturated heterocycles. The van der Waals surface area contributed by atoms with Gasteiger partial charge in [-0.1, -0.05) is 11.6 Å². The van der Waals surface area contributed by atoms with Crippen LogP contribution in [0.3, 0.4) is 0 Å². The van der Waals surface area contributed by atoms with Gasteiger partial charge in [-0.2, -0.15) is 0 Å². The molecule has 0 bridgehead atoms. The van der Waals surface area contributed by atoms with Gasteiger partial charge in [0.25, 0.3) is 0 Å². The summed E-state index contributed by atoms with van der Waals surface area (Å²) in [5, 5.41) is 8.83. The number of carboxylic acid groups (broad SMARTS) is 1. The Morgan fingerprint density at radius 3 is 2.89 bits per heavy atom. The van der Waals surface area contributed by atoms with Crippen molar-refractivity contribution < 1.29 is 23.4 Å². The Balaban J connectivity index is 2.09. The van der Waals surface area contributed by atoms with Gasteiger partial charge in [0.05, 0.1) is 11.3 Å². The molecule has 0 radical (unpaired) electrons. The van der Waals surface area contributed by atoms with Crippen LogP contribution in [0.25, 0.3) is 0 Å². The van der Waals surface area contributed by atoms with Gasteiger partial charge in [-0.15, -0.1) is 0 Å². The summed E-state index contributed by atoms with van der Waals surface area (Å²) in [6, 6.07) is 5.27. The minimum Gasteiger partial charge on any atom is -0.486 e. The summed E-state index contributed by atoms with van der Waals surface area (Å²) in [4.78, 5) is 10.8. The first-order valence-electron chi connectivity index (χ1n) is 4.95. The average molecular weight is 271 g/mol. The molecule has 2 aromatic rings. The molecule has 0 aliphatic heterocycles. The van der Waals surface area contributed by atoms with Crippen LogP contribution in [0.4, 0.5) is 4.39 Å². The molecule has 0 fully saturated rings. The van der Waals surface area contributed by atoms with E-state index in [0.29, 0.717) is 0 Å². The second-order valence-electron chi connectivity index (χ2n) is 3.43. The summed E-state index contributed by atoms with van der Waals surface area (Å²) in [6.07, 6.45) is 1.25. The molecule has 18 heavy (non-hydrogen) atoms. The normalized spacial score (nSPS) is 10.3. The fraction of sp³-hybridized carbons (Fsp3) is 0.0833. The summed E-state index contributed by atoms with van der Waals surface area (Å²) in [7, 11) is 0. The highest BCUT2D eigenvalue weighted by molar-refractivity contribution is 6.30. The molecule has 0 saturated carbocycles. The highest BCUT2D eigenvalue weighted by atomic mass is 35.5. The van der Waals surface area contributed by atoms with Crippen LogP contribution >= 0.6 is 11.6 Å². The van der Waals surface area contributed by atoms with Crippen LogP contribution in [0.1, 0.15) is 16.1 Å². The fourth-order valence-electron chi connectivity index (χ4n) is 1.36. The minimum absolute atomic E-state index is 0.00780. The summed E-state index contributed by atoms with van der Waals surface area (Å²) in [5.74, 6) is -1.31. The Kier molecular flexibility index (Phi) is 3.53. The third-order valence-corrected chi connectivity index (χ3v) is 2.54. The molecular formula is C12H8ClFO4. The number of rotatable bonds is 4. The van der Waals surface area contributed by atoms with Gasteiger partial charge in [0, 0.05) is 6.07 Å². The zero-order valence-electron chi connectivity index (χ0n) is 9.02. The van der Waals surface area contributed by atoms with E-state index in [9.17, 15) is 9.18 Å². The van der Waals surface area contributed by atoms with Crippen LogP contribution < -0.4 is 4.74 Å². The van der Waals surface area contributed by atoms with Gasteiger partial charge in [-0.25, -0.2) is 9.18 Å². The van der Waals surface area contributed by atoms with Crippen LogP contribution in [-0.2, 0) is 6.61 Å². The van der Waals surface area contributed by atoms with Crippen molar-refractivity contribution in [3.63, 3.8) is 0 Å². The molecule has 2 rings (SSSR count). The van der Waals surface area contributed by atoms with Gasteiger partial charge in [0.1, 0.15) is 23.7 Å². The number of hydrogen-bond acceptors (Lipinski definition) is 3. The van der Waals surface area contributed by atoms with Crippen molar-refractivity contribution in [2.24, 2.45) is 0 Å². The van der Waals surface area contributed by atoms with Gasteiger partial charge in [0.15, 0.2) is 5.76 Å². The van der Waals surface area contributed by atoms with Crippen molar-refractivity contribution in [1.82, 2.24) is 0 Å². The van der Waals surface area contributed by atoms with E-state index in [1.54, 1.807) is 0 Å². The molecule has 0 amide bonds. The number of carboxylic acids is 1. The maximum Gasteiger partial charge on any atom is 0.339 e. The lowest BCUT2D eigenvalue weighted by Crippen LogP contribution is -2.02. The van der Waals surface area contributed by atoms with E-state index in [-0.39, 0.29) is 28.7 Å². The van der Waals surface area contributed by atoms with Crippen molar-refractivity contribution >= 4 is 17.6 Å². The quantitative estimate of drug-likeness (QED) is 0.925. The van der Waals surface area contributed by atoms with Crippen LogP contribution in [0.5, 0.6) is 5.75 Å². The second-order valence-corrected chi connectivity index (χ2v) is 3.83. The maximum atomic E-state index is 13.1. The number of carbonyl (C=O) groups is 1. The summed E-state index contributed by atoms with van der Waals surface area (Å²) >= 11 is 5.52. The van der Waals surface area contributed by atoms with Crippen LogP contribution in [0.15, 0.2) is 34.9 Å². The first-order valence-corrected chi connectivity index (χ1v) is 5.33. The minimum atomic E-state index is -1.11. The van der Waals surface area contributed by atoms with Crippen LogP contribution in [0, 0.1) is 5.82 Å². The first-order chi connectivity index (χ1) is 8.58. The largest absolute Gasteiger partial charge is 0.486 e. The van der Waals surface area contributed by atoms with Gasteiger partial charge < -0.3 is 14.3 Å². The smallest absolute Gasteiger partial charge is 0.339 e. The molecule has 0 spiro atoms. The van der Waals surface area contributed by atoms with Crippen molar-refractivity contribution in [3.8, 4) is 5.75 Å². The molecular weight excluding hydrogens is 263 g/mol. The topological polar surface area (TPSA) is 59.7 Å².